The van der Waals surface area contributed by atoms with Gasteiger partial charge in [0.15, 0.2) is 12.2 Å². The lowest BCUT2D eigenvalue weighted by molar-refractivity contribution is -0.161. The maximum Gasteiger partial charge on any atom is 0.472 e. The van der Waals surface area contributed by atoms with Gasteiger partial charge in [0.25, 0.3) is 0 Å². The second-order valence-corrected chi connectivity index (χ2v) is 33.0. The predicted octanol–water partition coefficient (Wildman–Crippen LogP) is 25.2. The number of ether oxygens (including phenoxy) is 4. The van der Waals surface area contributed by atoms with Crippen LogP contribution in [-0.4, -0.2) is 96.7 Å². The molecule has 0 rings (SSSR count). The molecule has 0 saturated carbocycles. The van der Waals surface area contributed by atoms with E-state index in [4.69, 9.17) is 37.0 Å². The van der Waals surface area contributed by atoms with Crippen LogP contribution >= 0.6 is 15.6 Å². The molecule has 0 aromatic carbocycles. The molecule has 0 aliphatic heterocycles. The van der Waals surface area contributed by atoms with Gasteiger partial charge in [-0.2, -0.15) is 0 Å². The SMILES string of the molecule is CCCCCCCCCCCCCCCCCCCCCCC(=O)O[C@H](COC(=O)CCCCCCCCCCCCCCCCCC)COP(=O)(O)OC[C@@H](O)COP(=O)(O)OC[C@@H](COC(=O)CCCCCCCCCCC(C)CC)OC(=O)CCCCCCCCCCCCCCCC. The first-order valence-electron chi connectivity index (χ1n) is 43.2. The van der Waals surface area contributed by atoms with Gasteiger partial charge in [0.1, 0.15) is 19.3 Å². The van der Waals surface area contributed by atoms with Crippen molar-refractivity contribution in [2.45, 2.75) is 464 Å². The quantitative estimate of drug-likeness (QED) is 0.0222. The summed E-state index contributed by atoms with van der Waals surface area (Å²) in [5.74, 6) is -1.32. The number of aliphatic hydroxyl groups excluding tert-OH is 1. The second kappa shape index (κ2) is 75.9. The molecule has 0 aromatic rings. The van der Waals surface area contributed by atoms with Crippen LogP contribution in [0.1, 0.15) is 446 Å². The number of hydrogen-bond acceptors (Lipinski definition) is 15. The molecule has 0 heterocycles. The third-order valence-corrected chi connectivity index (χ3v) is 21.8. The van der Waals surface area contributed by atoms with E-state index < -0.39 is 97.5 Å². The van der Waals surface area contributed by atoms with E-state index in [1.807, 2.05) is 0 Å². The Morgan fingerprint density at radius 1 is 0.275 bits per heavy atom. The van der Waals surface area contributed by atoms with Gasteiger partial charge in [0.2, 0.25) is 0 Å². The molecular weight excluding hydrogens is 1330 g/mol. The summed E-state index contributed by atoms with van der Waals surface area (Å²) < 4.78 is 68.8. The lowest BCUT2D eigenvalue weighted by Crippen LogP contribution is -2.30. The molecule has 0 aliphatic rings. The fraction of sp³-hybridized carbons (Fsp3) is 0.952. The van der Waals surface area contributed by atoms with Crippen LogP contribution in [0.3, 0.4) is 0 Å². The van der Waals surface area contributed by atoms with Crippen LogP contribution in [0.2, 0.25) is 0 Å². The Labute approximate surface area is 626 Å². The number of rotatable bonds is 83. The maximum absolute atomic E-state index is 13.1. The molecular formula is C83H162O17P2. The Morgan fingerprint density at radius 3 is 0.696 bits per heavy atom. The van der Waals surface area contributed by atoms with Crippen LogP contribution in [-0.2, 0) is 65.4 Å². The Kier molecular flexibility index (Phi) is 74.4. The van der Waals surface area contributed by atoms with E-state index in [-0.39, 0.29) is 25.7 Å². The first-order valence-corrected chi connectivity index (χ1v) is 46.2. The standard InChI is InChI=1S/C83H162O17P2/c1-6-10-13-16-19-22-25-28-31-33-34-35-36-38-41-44-47-54-59-64-69-83(88)99-78(72-93-80(85)66-61-56-51-45-42-40-37-32-29-26-23-20-17-14-11-7-2)74-97-101(89,90)95-70-77(84)71-96-102(91,92)98-75-79(73-94-81(86)67-62-57-52-49-48-50-55-60-65-76(5)9-4)100-82(87)68-63-58-53-46-43-39-30-27-24-21-18-15-12-8-3/h76-79,84H,6-75H2,1-5H3,(H,89,90)(H,91,92)/t76?,77-,78-,79-/m1/s1. The van der Waals surface area contributed by atoms with Crippen molar-refractivity contribution in [2.75, 3.05) is 39.6 Å². The third-order valence-electron chi connectivity index (χ3n) is 19.9. The van der Waals surface area contributed by atoms with E-state index in [1.165, 1.54) is 270 Å². The topological polar surface area (TPSA) is 237 Å². The zero-order valence-corrected chi connectivity index (χ0v) is 68.5. The molecule has 606 valence electrons. The molecule has 6 atom stereocenters. The Balaban J connectivity index is 5.25. The lowest BCUT2D eigenvalue weighted by atomic mass is 9.99. The summed E-state index contributed by atoms with van der Waals surface area (Å²) in [5, 5.41) is 10.7. The van der Waals surface area contributed by atoms with Crippen LogP contribution in [0.5, 0.6) is 0 Å². The zero-order chi connectivity index (χ0) is 74.8. The number of esters is 4. The number of carbonyl (C=O) groups is 4. The molecule has 102 heavy (non-hydrogen) atoms. The average molecular weight is 1490 g/mol. The summed E-state index contributed by atoms with van der Waals surface area (Å²) in [6.45, 7) is 7.35. The minimum atomic E-state index is -4.96. The van der Waals surface area contributed by atoms with Crippen LogP contribution < -0.4 is 0 Å². The van der Waals surface area contributed by atoms with Gasteiger partial charge in [-0.05, 0) is 31.6 Å². The van der Waals surface area contributed by atoms with E-state index in [2.05, 4.69) is 34.6 Å². The van der Waals surface area contributed by atoms with Crippen LogP contribution in [0.25, 0.3) is 0 Å². The van der Waals surface area contributed by atoms with Gasteiger partial charge in [0.05, 0.1) is 26.4 Å². The van der Waals surface area contributed by atoms with E-state index in [0.717, 1.165) is 95.8 Å². The molecule has 19 heteroatoms. The van der Waals surface area contributed by atoms with E-state index >= 15 is 0 Å². The molecule has 3 unspecified atom stereocenters. The van der Waals surface area contributed by atoms with Crippen LogP contribution in [0.4, 0.5) is 0 Å². The number of phosphoric acid groups is 2. The molecule has 0 radical (unpaired) electrons. The first-order chi connectivity index (χ1) is 49.6. The highest BCUT2D eigenvalue weighted by Gasteiger charge is 2.30. The van der Waals surface area contributed by atoms with Crippen molar-refractivity contribution in [3.63, 3.8) is 0 Å². The Morgan fingerprint density at radius 2 is 0.471 bits per heavy atom. The summed E-state index contributed by atoms with van der Waals surface area (Å²) >= 11 is 0. The lowest BCUT2D eigenvalue weighted by Gasteiger charge is -2.21. The predicted molar refractivity (Wildman–Crippen MR) is 418 cm³/mol. The normalized spacial score (nSPS) is 14.1. The molecule has 0 bridgehead atoms. The monoisotopic (exact) mass is 1490 g/mol. The highest BCUT2D eigenvalue weighted by Crippen LogP contribution is 2.45. The van der Waals surface area contributed by atoms with E-state index in [0.29, 0.717) is 25.7 Å². The Hall–Kier alpha value is -1.94. The fourth-order valence-electron chi connectivity index (χ4n) is 12.9. The molecule has 0 fully saturated rings. The van der Waals surface area contributed by atoms with Gasteiger partial charge in [0, 0.05) is 25.7 Å². The highest BCUT2D eigenvalue weighted by molar-refractivity contribution is 7.47. The highest BCUT2D eigenvalue weighted by atomic mass is 31.2. The van der Waals surface area contributed by atoms with Gasteiger partial charge in [-0.1, -0.05) is 394 Å². The second-order valence-electron chi connectivity index (χ2n) is 30.1. The van der Waals surface area contributed by atoms with Gasteiger partial charge < -0.3 is 33.8 Å². The molecule has 0 aliphatic carbocycles. The van der Waals surface area contributed by atoms with Gasteiger partial charge in [-0.15, -0.1) is 0 Å². The minimum Gasteiger partial charge on any atom is -0.462 e. The smallest absolute Gasteiger partial charge is 0.462 e. The van der Waals surface area contributed by atoms with Crippen molar-refractivity contribution in [1.29, 1.82) is 0 Å². The fourth-order valence-corrected chi connectivity index (χ4v) is 14.5. The van der Waals surface area contributed by atoms with Crippen molar-refractivity contribution in [1.82, 2.24) is 0 Å². The number of hydrogen-bond donors (Lipinski definition) is 3. The van der Waals surface area contributed by atoms with Crippen molar-refractivity contribution in [3.8, 4) is 0 Å². The average Bonchev–Trinajstić information content (AvgIpc) is 0.914. The van der Waals surface area contributed by atoms with Gasteiger partial charge >= 0.3 is 39.5 Å². The van der Waals surface area contributed by atoms with Crippen molar-refractivity contribution in [3.05, 3.63) is 0 Å². The van der Waals surface area contributed by atoms with Crippen molar-refractivity contribution in [2.24, 2.45) is 5.92 Å². The van der Waals surface area contributed by atoms with Crippen molar-refractivity contribution < 1.29 is 80.2 Å². The molecule has 0 spiro atoms. The third kappa shape index (κ3) is 74.9. The summed E-state index contributed by atoms with van der Waals surface area (Å²) in [4.78, 5) is 73.1. The maximum atomic E-state index is 13.1. The molecule has 17 nitrogen and oxygen atoms in total. The first kappa shape index (κ1) is 100. The summed E-state index contributed by atoms with van der Waals surface area (Å²) in [7, 11) is -9.92. The van der Waals surface area contributed by atoms with Gasteiger partial charge in [-0.25, -0.2) is 9.13 Å². The summed E-state index contributed by atoms with van der Waals surface area (Å²) in [6, 6.07) is 0. The summed E-state index contributed by atoms with van der Waals surface area (Å²) in [6.07, 6.45) is 67.9. The van der Waals surface area contributed by atoms with Gasteiger partial charge in [-0.3, -0.25) is 37.3 Å². The number of phosphoric ester groups is 2. The van der Waals surface area contributed by atoms with Crippen LogP contribution in [0.15, 0.2) is 0 Å². The number of carbonyl (C=O) groups excluding carboxylic acids is 4. The zero-order valence-electron chi connectivity index (χ0n) is 66.8. The largest absolute Gasteiger partial charge is 0.472 e. The number of unbranched alkanes of at least 4 members (excludes halogenated alkanes) is 54. The number of aliphatic hydroxyl groups is 1. The Bertz CT molecular complexity index is 1950. The van der Waals surface area contributed by atoms with Crippen molar-refractivity contribution >= 4 is 39.5 Å². The molecule has 3 N–H and O–H groups in total. The molecule has 0 saturated heterocycles. The van der Waals surface area contributed by atoms with E-state index in [1.54, 1.807) is 0 Å². The molecule has 0 amide bonds. The van der Waals surface area contributed by atoms with Crippen LogP contribution in [0, 0.1) is 5.92 Å². The van der Waals surface area contributed by atoms with E-state index in [9.17, 15) is 43.2 Å². The molecule has 0 aromatic heterocycles. The summed E-state index contributed by atoms with van der Waals surface area (Å²) in [5.41, 5.74) is 0. The minimum absolute atomic E-state index is 0.108.